The number of aromatic amines is 1. The van der Waals surface area contributed by atoms with Crippen molar-refractivity contribution in [1.29, 1.82) is 0 Å². The summed E-state index contributed by atoms with van der Waals surface area (Å²) in [6.45, 7) is 0. The lowest BCUT2D eigenvalue weighted by molar-refractivity contribution is 0.627. The Kier molecular flexibility index (Phi) is 2.63. The molecule has 90 valence electrons. The lowest BCUT2D eigenvalue weighted by atomic mass is 10.2. The van der Waals surface area contributed by atoms with Crippen molar-refractivity contribution in [3.63, 3.8) is 0 Å². The van der Waals surface area contributed by atoms with Gasteiger partial charge in [-0.3, -0.25) is 0 Å². The second kappa shape index (κ2) is 4.17. The average Bonchev–Trinajstić information content (AvgIpc) is 2.74. The van der Waals surface area contributed by atoms with Gasteiger partial charge in [-0.05, 0) is 30.3 Å². The summed E-state index contributed by atoms with van der Waals surface area (Å²) in [6.07, 6.45) is 0. The van der Waals surface area contributed by atoms with Crippen LogP contribution in [0.3, 0.4) is 0 Å². The second-order valence-corrected chi connectivity index (χ2v) is 4.73. The monoisotopic (exact) mass is 308 g/mol. The summed E-state index contributed by atoms with van der Waals surface area (Å²) in [6, 6.07) is 8.63. The van der Waals surface area contributed by atoms with E-state index in [0.717, 1.165) is 4.47 Å². The Morgan fingerprint density at radius 2 is 1.72 bits per heavy atom. The topological polar surface area (TPSA) is 28.7 Å². The highest BCUT2D eigenvalue weighted by Crippen LogP contribution is 2.28. The van der Waals surface area contributed by atoms with Crippen LogP contribution in [-0.4, -0.2) is 9.97 Å². The zero-order valence-corrected chi connectivity index (χ0v) is 10.6. The summed E-state index contributed by atoms with van der Waals surface area (Å²) in [4.78, 5) is 7.29. The first-order valence-electron chi connectivity index (χ1n) is 5.24. The first kappa shape index (κ1) is 11.3. The summed E-state index contributed by atoms with van der Waals surface area (Å²) in [5, 5.41) is 0. The molecule has 0 bridgehead atoms. The van der Waals surface area contributed by atoms with Crippen LogP contribution in [0.2, 0.25) is 0 Å². The molecule has 0 radical (unpaired) electrons. The number of fused-ring (bicyclic) bond motifs is 1. The first-order chi connectivity index (χ1) is 8.63. The molecule has 1 heterocycles. The Morgan fingerprint density at radius 1 is 1.00 bits per heavy atom. The van der Waals surface area contributed by atoms with Gasteiger partial charge < -0.3 is 4.98 Å². The number of rotatable bonds is 1. The van der Waals surface area contributed by atoms with Gasteiger partial charge >= 0.3 is 0 Å². The van der Waals surface area contributed by atoms with Crippen molar-refractivity contribution in [1.82, 2.24) is 9.97 Å². The molecule has 0 aliphatic heterocycles. The van der Waals surface area contributed by atoms with Gasteiger partial charge in [0.2, 0.25) is 0 Å². The number of imidazole rings is 1. The Balaban J connectivity index is 2.22. The van der Waals surface area contributed by atoms with Crippen molar-refractivity contribution in [2.45, 2.75) is 0 Å². The van der Waals surface area contributed by atoms with E-state index in [2.05, 4.69) is 25.9 Å². The molecule has 3 aromatic rings. The maximum atomic E-state index is 13.2. The molecule has 5 heteroatoms. The summed E-state index contributed by atoms with van der Waals surface area (Å²) < 4.78 is 27.0. The largest absolute Gasteiger partial charge is 0.338 e. The summed E-state index contributed by atoms with van der Waals surface area (Å²) in [5.74, 6) is -0.194. The molecule has 0 aliphatic carbocycles. The fraction of sp³-hybridized carbons (Fsp3) is 0. The van der Waals surface area contributed by atoms with Gasteiger partial charge in [-0.1, -0.05) is 15.9 Å². The minimum atomic E-state index is -0.348. The zero-order valence-electron chi connectivity index (χ0n) is 9.05. The molecule has 0 spiro atoms. The van der Waals surface area contributed by atoms with Crippen LogP contribution in [-0.2, 0) is 0 Å². The molecular weight excluding hydrogens is 302 g/mol. The highest BCUT2D eigenvalue weighted by atomic mass is 79.9. The predicted molar refractivity (Wildman–Crippen MR) is 69.1 cm³/mol. The fourth-order valence-electron chi connectivity index (χ4n) is 1.79. The molecule has 0 fully saturated rings. The van der Waals surface area contributed by atoms with Gasteiger partial charge in [-0.2, -0.15) is 0 Å². The highest BCUT2D eigenvalue weighted by Gasteiger charge is 2.10. The molecule has 0 saturated carbocycles. The van der Waals surface area contributed by atoms with Gasteiger partial charge in [0.25, 0.3) is 0 Å². The molecule has 2 nitrogen and oxygen atoms in total. The number of nitrogens with one attached hydrogen (secondary N) is 1. The van der Waals surface area contributed by atoms with Gasteiger partial charge in [0, 0.05) is 16.1 Å². The van der Waals surface area contributed by atoms with Gasteiger partial charge in [-0.15, -0.1) is 0 Å². The number of nitrogens with zero attached hydrogens (tertiary/aromatic N) is 1. The lowest BCUT2D eigenvalue weighted by Gasteiger charge is -2.00. The van der Waals surface area contributed by atoms with E-state index in [1.807, 2.05) is 0 Å². The summed E-state index contributed by atoms with van der Waals surface area (Å²) in [5.41, 5.74) is 1.83. The number of aromatic nitrogens is 2. The van der Waals surface area contributed by atoms with E-state index in [-0.39, 0.29) is 11.6 Å². The third-order valence-electron chi connectivity index (χ3n) is 2.63. The minimum absolute atomic E-state index is 0.347. The third-order valence-corrected chi connectivity index (χ3v) is 3.32. The summed E-state index contributed by atoms with van der Waals surface area (Å²) in [7, 11) is 0. The van der Waals surface area contributed by atoms with Crippen molar-refractivity contribution >= 4 is 27.0 Å². The van der Waals surface area contributed by atoms with Crippen molar-refractivity contribution in [2.24, 2.45) is 0 Å². The second-order valence-electron chi connectivity index (χ2n) is 3.87. The number of halogens is 3. The Bertz CT molecular complexity index is 737. The molecule has 0 unspecified atom stereocenters. The van der Waals surface area contributed by atoms with E-state index in [0.29, 0.717) is 22.4 Å². The average molecular weight is 309 g/mol. The van der Waals surface area contributed by atoms with E-state index in [9.17, 15) is 8.78 Å². The minimum Gasteiger partial charge on any atom is -0.338 e. The molecule has 0 atom stereocenters. The van der Waals surface area contributed by atoms with E-state index in [1.165, 1.54) is 24.3 Å². The van der Waals surface area contributed by atoms with Crippen LogP contribution in [0.1, 0.15) is 0 Å². The van der Waals surface area contributed by atoms with Crippen LogP contribution in [0.5, 0.6) is 0 Å². The van der Waals surface area contributed by atoms with E-state index >= 15 is 0 Å². The van der Waals surface area contributed by atoms with E-state index < -0.39 is 0 Å². The predicted octanol–water partition coefficient (Wildman–Crippen LogP) is 4.27. The van der Waals surface area contributed by atoms with Crippen LogP contribution < -0.4 is 0 Å². The third kappa shape index (κ3) is 1.90. The molecule has 1 aromatic heterocycles. The van der Waals surface area contributed by atoms with Crippen molar-refractivity contribution in [3.05, 3.63) is 52.5 Å². The molecule has 0 aliphatic rings. The first-order valence-corrected chi connectivity index (χ1v) is 6.03. The van der Waals surface area contributed by atoms with Gasteiger partial charge in [0.15, 0.2) is 0 Å². The lowest BCUT2D eigenvalue weighted by Crippen LogP contribution is -1.84. The van der Waals surface area contributed by atoms with Gasteiger partial charge in [-0.25, -0.2) is 13.8 Å². The highest BCUT2D eigenvalue weighted by molar-refractivity contribution is 9.10. The Labute approximate surface area is 110 Å². The molecule has 0 amide bonds. The summed E-state index contributed by atoms with van der Waals surface area (Å²) >= 11 is 3.34. The number of H-pyrrole nitrogens is 1. The molecule has 1 N–H and O–H groups in total. The number of hydrogen-bond acceptors (Lipinski definition) is 1. The normalized spacial score (nSPS) is 11.1. The van der Waals surface area contributed by atoms with E-state index in [1.54, 1.807) is 12.1 Å². The van der Waals surface area contributed by atoms with Crippen LogP contribution in [0.15, 0.2) is 40.9 Å². The fourth-order valence-corrected chi connectivity index (χ4v) is 2.22. The number of hydrogen-bond donors (Lipinski definition) is 1. The molecule has 3 rings (SSSR count). The molecule has 2 aromatic carbocycles. The smallest absolute Gasteiger partial charge is 0.139 e. The Hall–Kier alpha value is -1.75. The quantitative estimate of drug-likeness (QED) is 0.714. The van der Waals surface area contributed by atoms with Gasteiger partial charge in [0.05, 0.1) is 11.0 Å². The maximum absolute atomic E-state index is 13.2. The molecular formula is C13H7BrF2N2. The molecule has 18 heavy (non-hydrogen) atoms. The number of benzene rings is 2. The van der Waals surface area contributed by atoms with E-state index in [4.69, 9.17) is 0 Å². The van der Waals surface area contributed by atoms with Crippen molar-refractivity contribution in [2.75, 3.05) is 0 Å². The standard InChI is InChI=1S/C13H7BrF2N2/c14-10-3-1-7(15)5-9(10)13-17-11-4-2-8(16)6-12(11)18-13/h1-6H,(H,17,18). The van der Waals surface area contributed by atoms with Crippen LogP contribution in [0.4, 0.5) is 8.78 Å². The maximum Gasteiger partial charge on any atom is 0.139 e. The Morgan fingerprint density at radius 3 is 2.56 bits per heavy atom. The van der Waals surface area contributed by atoms with Crippen LogP contribution in [0.25, 0.3) is 22.4 Å². The van der Waals surface area contributed by atoms with Crippen molar-refractivity contribution in [3.8, 4) is 11.4 Å². The molecule has 0 saturated heterocycles. The van der Waals surface area contributed by atoms with Crippen molar-refractivity contribution < 1.29 is 8.78 Å². The zero-order chi connectivity index (χ0) is 12.7. The van der Waals surface area contributed by atoms with Crippen LogP contribution in [0, 0.1) is 11.6 Å². The van der Waals surface area contributed by atoms with Gasteiger partial charge in [0.1, 0.15) is 17.5 Å². The van der Waals surface area contributed by atoms with Crippen LogP contribution >= 0.6 is 15.9 Å². The SMILES string of the molecule is Fc1ccc(Br)c(-c2nc3cc(F)ccc3[nH]2)c1.